The number of nitrogens with zero attached hydrogens (tertiary/aromatic N) is 1. The molecule has 2 N–H and O–H groups in total. The van der Waals surface area contributed by atoms with Crippen LogP contribution in [-0.4, -0.2) is 46.3 Å². The predicted octanol–water partition coefficient (Wildman–Crippen LogP) is 0.936. The lowest BCUT2D eigenvalue weighted by Gasteiger charge is -2.20. The van der Waals surface area contributed by atoms with Gasteiger partial charge in [0.1, 0.15) is 6.61 Å². The van der Waals surface area contributed by atoms with Gasteiger partial charge in [0.2, 0.25) is 0 Å². The van der Waals surface area contributed by atoms with E-state index in [9.17, 15) is 9.90 Å². The number of β-amino-alcohol motifs (C(OH)–C–C–N with tert-alkyl or cyclic N) is 1. The number of hydrogen-bond donors (Lipinski definition) is 2. The molecule has 1 aromatic carbocycles. The van der Waals surface area contributed by atoms with Crippen LogP contribution in [0.1, 0.15) is 34.8 Å². The van der Waals surface area contributed by atoms with Crippen molar-refractivity contribution in [2.24, 2.45) is 0 Å². The molecule has 0 saturated carbocycles. The summed E-state index contributed by atoms with van der Waals surface area (Å²) in [5.41, 5.74) is 1.40. The predicted molar refractivity (Wildman–Crippen MR) is 76.3 cm³/mol. The number of rotatable bonds is 1. The summed E-state index contributed by atoms with van der Waals surface area (Å²) in [5.74, 6) is 5.30. The quantitative estimate of drug-likeness (QED) is 0.749. The summed E-state index contributed by atoms with van der Waals surface area (Å²) >= 11 is 0. The van der Waals surface area contributed by atoms with Crippen LogP contribution in [0.15, 0.2) is 18.2 Å². The maximum Gasteiger partial charge on any atom is 0.254 e. The summed E-state index contributed by atoms with van der Waals surface area (Å²) in [6, 6.07) is 5.42. The molecule has 1 saturated heterocycles. The number of hydrogen-bond acceptors (Lipinski definition) is 3. The summed E-state index contributed by atoms with van der Waals surface area (Å²) < 4.78 is 0. The van der Waals surface area contributed by atoms with Crippen molar-refractivity contribution in [3.63, 3.8) is 0 Å². The third kappa shape index (κ3) is 3.19. The second kappa shape index (κ2) is 5.66. The van der Waals surface area contributed by atoms with Gasteiger partial charge < -0.3 is 15.1 Å². The maximum absolute atomic E-state index is 12.5. The van der Waals surface area contributed by atoms with E-state index in [0.29, 0.717) is 30.6 Å². The normalized spacial score (nSPS) is 21.5. The molecule has 20 heavy (non-hydrogen) atoms. The van der Waals surface area contributed by atoms with Crippen LogP contribution in [0.25, 0.3) is 0 Å². The summed E-state index contributed by atoms with van der Waals surface area (Å²) in [7, 11) is 0. The first-order valence-corrected chi connectivity index (χ1v) is 6.65. The van der Waals surface area contributed by atoms with Gasteiger partial charge in [-0.1, -0.05) is 17.9 Å². The lowest BCUT2D eigenvalue weighted by atomic mass is 10.0. The van der Waals surface area contributed by atoms with Crippen LogP contribution in [0.2, 0.25) is 0 Å². The molecule has 0 bridgehead atoms. The van der Waals surface area contributed by atoms with Gasteiger partial charge >= 0.3 is 0 Å². The Bertz CT molecular complexity index is 581. The Balaban J connectivity index is 2.25. The Morgan fingerprint density at radius 3 is 2.85 bits per heavy atom. The first-order chi connectivity index (χ1) is 9.43. The zero-order valence-corrected chi connectivity index (χ0v) is 11.8. The Kier molecular flexibility index (Phi) is 4.12. The van der Waals surface area contributed by atoms with E-state index < -0.39 is 5.60 Å². The minimum atomic E-state index is -0.794. The van der Waals surface area contributed by atoms with Gasteiger partial charge in [-0.15, -0.1) is 0 Å². The topological polar surface area (TPSA) is 60.8 Å². The van der Waals surface area contributed by atoms with Crippen molar-refractivity contribution in [3.05, 3.63) is 34.9 Å². The maximum atomic E-state index is 12.5. The van der Waals surface area contributed by atoms with E-state index in [1.54, 1.807) is 17.9 Å². The monoisotopic (exact) mass is 273 g/mol. The van der Waals surface area contributed by atoms with Gasteiger partial charge in [0, 0.05) is 24.2 Å². The molecule has 1 heterocycles. The number of amides is 1. The first-order valence-electron chi connectivity index (χ1n) is 6.65. The van der Waals surface area contributed by atoms with Gasteiger partial charge in [0.15, 0.2) is 0 Å². The Morgan fingerprint density at radius 2 is 2.25 bits per heavy atom. The molecule has 1 aliphatic rings. The van der Waals surface area contributed by atoms with Gasteiger partial charge in [-0.05, 0) is 38.0 Å². The Hall–Kier alpha value is -1.83. The molecular weight excluding hydrogens is 254 g/mol. The molecule has 2 rings (SSSR count). The fraction of sp³-hybridized carbons (Fsp3) is 0.438. The highest BCUT2D eigenvalue weighted by Gasteiger charge is 2.34. The summed E-state index contributed by atoms with van der Waals surface area (Å²) in [6.07, 6.45) is 0.599. The van der Waals surface area contributed by atoms with Crippen LogP contribution < -0.4 is 0 Å². The number of carbonyl (C=O) groups excluding carboxylic acids is 1. The first kappa shape index (κ1) is 14.6. The van der Waals surface area contributed by atoms with Crippen molar-refractivity contribution in [3.8, 4) is 11.8 Å². The van der Waals surface area contributed by atoms with Crippen molar-refractivity contribution in [2.75, 3.05) is 19.7 Å². The molecule has 4 heteroatoms. The number of benzene rings is 1. The standard InChI is InChI=1S/C16H19NO3/c1-12-5-6-13(4-3-9-18)10-14(12)15(19)17-8-7-16(2,20)11-17/h5-6,10,18,20H,7-9,11H2,1-2H3. The van der Waals surface area contributed by atoms with Crippen LogP contribution >= 0.6 is 0 Å². The zero-order chi connectivity index (χ0) is 14.8. The zero-order valence-electron chi connectivity index (χ0n) is 11.8. The Labute approximate surface area is 119 Å². The second-order valence-electron chi connectivity index (χ2n) is 5.46. The smallest absolute Gasteiger partial charge is 0.254 e. The van der Waals surface area contributed by atoms with Crippen LogP contribution in [0.3, 0.4) is 0 Å². The van der Waals surface area contributed by atoms with E-state index in [4.69, 9.17) is 5.11 Å². The molecule has 0 spiro atoms. The summed E-state index contributed by atoms with van der Waals surface area (Å²) in [6.45, 7) is 4.35. The van der Waals surface area contributed by atoms with Gasteiger partial charge in [-0.25, -0.2) is 0 Å². The molecule has 1 amide bonds. The second-order valence-corrected chi connectivity index (χ2v) is 5.46. The van der Waals surface area contributed by atoms with Crippen molar-refractivity contribution in [2.45, 2.75) is 25.9 Å². The van der Waals surface area contributed by atoms with Crippen LogP contribution in [0.5, 0.6) is 0 Å². The lowest BCUT2D eigenvalue weighted by molar-refractivity contribution is 0.0571. The van der Waals surface area contributed by atoms with E-state index in [0.717, 1.165) is 5.56 Å². The molecular formula is C16H19NO3. The summed E-state index contributed by atoms with van der Waals surface area (Å²) in [4.78, 5) is 14.2. The number of aliphatic hydroxyl groups is 2. The summed E-state index contributed by atoms with van der Waals surface area (Å²) in [5, 5.41) is 18.7. The lowest BCUT2D eigenvalue weighted by Crippen LogP contribution is -2.34. The largest absolute Gasteiger partial charge is 0.388 e. The van der Waals surface area contributed by atoms with E-state index >= 15 is 0 Å². The van der Waals surface area contributed by atoms with Gasteiger partial charge in [0.05, 0.1) is 5.60 Å². The van der Waals surface area contributed by atoms with Gasteiger partial charge in [0.25, 0.3) is 5.91 Å². The third-order valence-electron chi connectivity index (χ3n) is 3.52. The van der Waals surface area contributed by atoms with E-state index in [1.165, 1.54) is 0 Å². The number of aliphatic hydroxyl groups excluding tert-OH is 1. The van der Waals surface area contributed by atoms with Gasteiger partial charge in [-0.3, -0.25) is 4.79 Å². The molecule has 1 aliphatic heterocycles. The van der Waals surface area contributed by atoms with Crippen LogP contribution in [0.4, 0.5) is 0 Å². The van der Waals surface area contributed by atoms with Gasteiger partial charge in [-0.2, -0.15) is 0 Å². The average Bonchev–Trinajstić information content (AvgIpc) is 2.77. The molecule has 1 unspecified atom stereocenters. The van der Waals surface area contributed by atoms with Crippen LogP contribution in [-0.2, 0) is 0 Å². The molecule has 0 radical (unpaired) electrons. The van der Waals surface area contributed by atoms with Crippen molar-refractivity contribution in [1.82, 2.24) is 4.90 Å². The van der Waals surface area contributed by atoms with Crippen molar-refractivity contribution >= 4 is 5.91 Å². The molecule has 0 aliphatic carbocycles. The highest BCUT2D eigenvalue weighted by atomic mass is 16.3. The Morgan fingerprint density at radius 1 is 1.50 bits per heavy atom. The number of carbonyl (C=O) groups is 1. The van der Waals surface area contributed by atoms with Crippen molar-refractivity contribution < 1.29 is 15.0 Å². The van der Waals surface area contributed by atoms with E-state index in [-0.39, 0.29) is 12.5 Å². The molecule has 4 nitrogen and oxygen atoms in total. The third-order valence-corrected chi connectivity index (χ3v) is 3.52. The number of aryl methyl sites for hydroxylation is 1. The average molecular weight is 273 g/mol. The highest BCUT2D eigenvalue weighted by Crippen LogP contribution is 2.23. The van der Waals surface area contributed by atoms with E-state index in [1.807, 2.05) is 19.1 Å². The minimum absolute atomic E-state index is 0.0760. The fourth-order valence-electron chi connectivity index (χ4n) is 2.36. The highest BCUT2D eigenvalue weighted by molar-refractivity contribution is 5.96. The molecule has 106 valence electrons. The minimum Gasteiger partial charge on any atom is -0.388 e. The molecule has 1 atom stereocenters. The van der Waals surface area contributed by atoms with Crippen LogP contribution in [0, 0.1) is 18.8 Å². The number of likely N-dealkylation sites (tertiary alicyclic amines) is 1. The molecule has 1 fully saturated rings. The SMILES string of the molecule is Cc1ccc(C#CCO)cc1C(=O)N1CCC(C)(O)C1. The van der Waals surface area contributed by atoms with E-state index in [2.05, 4.69) is 11.8 Å². The molecule has 1 aromatic rings. The fourth-order valence-corrected chi connectivity index (χ4v) is 2.36. The molecule has 0 aromatic heterocycles. The van der Waals surface area contributed by atoms with Crippen molar-refractivity contribution in [1.29, 1.82) is 0 Å².